The molecule has 0 saturated heterocycles. The minimum atomic E-state index is -0.507. The van der Waals surface area contributed by atoms with E-state index in [1.54, 1.807) is 14.0 Å². The molecular weight excluding hydrogens is 268 g/mol. The van der Waals surface area contributed by atoms with Crippen molar-refractivity contribution < 1.29 is 14.3 Å². The van der Waals surface area contributed by atoms with E-state index in [1.165, 1.54) is 5.56 Å². The summed E-state index contributed by atoms with van der Waals surface area (Å²) in [6.07, 6.45) is 0.292. The molecule has 0 aliphatic rings. The number of hydrogen-bond donors (Lipinski definition) is 2. The standard InChI is InChI=1S/C16H26N2O3/c1-4-17-12-14-6-8-15(9-7-14)21-13(2)16(19)18-10-5-11-20-3/h6-9,13,17H,4-5,10-12H2,1-3H3,(H,18,19). The maximum Gasteiger partial charge on any atom is 0.260 e. The Morgan fingerprint density at radius 2 is 2.00 bits per heavy atom. The van der Waals surface area contributed by atoms with Gasteiger partial charge in [0, 0.05) is 26.8 Å². The Balaban J connectivity index is 2.35. The lowest BCUT2D eigenvalue weighted by atomic mass is 10.2. The van der Waals surface area contributed by atoms with Crippen LogP contribution in [0.5, 0.6) is 5.75 Å². The summed E-state index contributed by atoms with van der Waals surface area (Å²) in [5.41, 5.74) is 1.20. The molecule has 0 aromatic heterocycles. The second-order valence-corrected chi connectivity index (χ2v) is 4.82. The third-order valence-electron chi connectivity index (χ3n) is 3.01. The second kappa shape index (κ2) is 10.2. The predicted molar refractivity (Wildman–Crippen MR) is 83.4 cm³/mol. The highest BCUT2D eigenvalue weighted by atomic mass is 16.5. The van der Waals surface area contributed by atoms with E-state index in [1.807, 2.05) is 24.3 Å². The van der Waals surface area contributed by atoms with Gasteiger partial charge in [-0.25, -0.2) is 0 Å². The topological polar surface area (TPSA) is 59.6 Å². The lowest BCUT2D eigenvalue weighted by Crippen LogP contribution is -2.37. The van der Waals surface area contributed by atoms with Crippen molar-refractivity contribution in [1.29, 1.82) is 0 Å². The monoisotopic (exact) mass is 294 g/mol. The van der Waals surface area contributed by atoms with Gasteiger partial charge in [-0.2, -0.15) is 0 Å². The molecule has 0 aliphatic heterocycles. The second-order valence-electron chi connectivity index (χ2n) is 4.82. The average molecular weight is 294 g/mol. The third kappa shape index (κ3) is 7.11. The van der Waals surface area contributed by atoms with Crippen molar-refractivity contribution >= 4 is 5.91 Å². The highest BCUT2D eigenvalue weighted by Gasteiger charge is 2.13. The number of nitrogens with one attached hydrogen (secondary N) is 2. The smallest absolute Gasteiger partial charge is 0.260 e. The molecule has 1 rings (SSSR count). The van der Waals surface area contributed by atoms with E-state index in [4.69, 9.17) is 9.47 Å². The molecule has 0 heterocycles. The van der Waals surface area contributed by atoms with Gasteiger partial charge in [0.1, 0.15) is 5.75 Å². The fraction of sp³-hybridized carbons (Fsp3) is 0.562. The van der Waals surface area contributed by atoms with Gasteiger partial charge >= 0.3 is 0 Å². The molecule has 5 heteroatoms. The van der Waals surface area contributed by atoms with E-state index in [2.05, 4.69) is 17.6 Å². The quantitative estimate of drug-likeness (QED) is 0.645. The van der Waals surface area contributed by atoms with Crippen molar-refractivity contribution in [3.05, 3.63) is 29.8 Å². The van der Waals surface area contributed by atoms with Gasteiger partial charge in [0.05, 0.1) is 0 Å². The van der Waals surface area contributed by atoms with Gasteiger partial charge in [-0.15, -0.1) is 0 Å². The zero-order chi connectivity index (χ0) is 15.5. The van der Waals surface area contributed by atoms with Gasteiger partial charge in [0.25, 0.3) is 5.91 Å². The Labute approximate surface area is 127 Å². The van der Waals surface area contributed by atoms with Crippen molar-refractivity contribution in [2.75, 3.05) is 26.8 Å². The maximum absolute atomic E-state index is 11.8. The molecule has 1 aromatic carbocycles. The number of benzene rings is 1. The predicted octanol–water partition coefficient (Wildman–Crippen LogP) is 1.72. The molecule has 0 fully saturated rings. The van der Waals surface area contributed by atoms with Crippen molar-refractivity contribution in [3.63, 3.8) is 0 Å². The zero-order valence-corrected chi connectivity index (χ0v) is 13.1. The van der Waals surface area contributed by atoms with Crippen LogP contribution in [0.2, 0.25) is 0 Å². The van der Waals surface area contributed by atoms with Gasteiger partial charge < -0.3 is 20.1 Å². The van der Waals surface area contributed by atoms with Crippen molar-refractivity contribution in [2.24, 2.45) is 0 Å². The van der Waals surface area contributed by atoms with E-state index < -0.39 is 6.10 Å². The summed E-state index contributed by atoms with van der Waals surface area (Å²) in [6, 6.07) is 7.78. The first-order valence-corrected chi connectivity index (χ1v) is 7.40. The van der Waals surface area contributed by atoms with Crippen LogP contribution in [0.25, 0.3) is 0 Å². The minimum absolute atomic E-state index is 0.108. The first-order chi connectivity index (χ1) is 10.2. The summed E-state index contributed by atoms with van der Waals surface area (Å²) in [7, 11) is 1.65. The Morgan fingerprint density at radius 3 is 2.62 bits per heavy atom. The number of hydrogen-bond acceptors (Lipinski definition) is 4. The van der Waals surface area contributed by atoms with E-state index in [0.717, 1.165) is 19.5 Å². The minimum Gasteiger partial charge on any atom is -0.481 e. The molecule has 1 aromatic rings. The largest absolute Gasteiger partial charge is 0.481 e. The summed E-state index contributed by atoms with van der Waals surface area (Å²) in [5.74, 6) is 0.595. The highest BCUT2D eigenvalue weighted by Crippen LogP contribution is 2.14. The zero-order valence-electron chi connectivity index (χ0n) is 13.1. The Bertz CT molecular complexity index is 406. The summed E-state index contributed by atoms with van der Waals surface area (Å²) in [4.78, 5) is 11.8. The van der Waals surface area contributed by atoms with Crippen LogP contribution in [0, 0.1) is 0 Å². The molecule has 0 saturated carbocycles. The maximum atomic E-state index is 11.8. The fourth-order valence-electron chi connectivity index (χ4n) is 1.78. The number of carbonyl (C=O) groups is 1. The molecule has 21 heavy (non-hydrogen) atoms. The molecule has 5 nitrogen and oxygen atoms in total. The van der Waals surface area contributed by atoms with Crippen LogP contribution in [0.1, 0.15) is 25.8 Å². The Morgan fingerprint density at radius 1 is 1.29 bits per heavy atom. The van der Waals surface area contributed by atoms with E-state index in [9.17, 15) is 4.79 Å². The summed E-state index contributed by atoms with van der Waals surface area (Å²) < 4.78 is 10.6. The van der Waals surface area contributed by atoms with E-state index in [0.29, 0.717) is 18.9 Å². The average Bonchev–Trinajstić information content (AvgIpc) is 2.50. The number of amides is 1. The third-order valence-corrected chi connectivity index (χ3v) is 3.01. The number of rotatable bonds is 10. The van der Waals surface area contributed by atoms with Gasteiger partial charge in [-0.3, -0.25) is 4.79 Å². The summed E-state index contributed by atoms with van der Waals surface area (Å²) in [6.45, 7) is 6.85. The van der Waals surface area contributed by atoms with Crippen LogP contribution in [0.15, 0.2) is 24.3 Å². The number of methoxy groups -OCH3 is 1. The molecule has 2 N–H and O–H groups in total. The molecule has 1 atom stereocenters. The first kappa shape index (κ1) is 17.5. The number of ether oxygens (including phenoxy) is 2. The van der Waals surface area contributed by atoms with Gasteiger partial charge in [0.15, 0.2) is 6.10 Å². The van der Waals surface area contributed by atoms with Crippen LogP contribution in [0.4, 0.5) is 0 Å². The molecule has 1 unspecified atom stereocenters. The molecule has 0 bridgehead atoms. The van der Waals surface area contributed by atoms with E-state index >= 15 is 0 Å². The fourth-order valence-corrected chi connectivity index (χ4v) is 1.78. The molecule has 1 amide bonds. The summed E-state index contributed by atoms with van der Waals surface area (Å²) >= 11 is 0. The SMILES string of the molecule is CCNCc1ccc(OC(C)C(=O)NCCCOC)cc1. The van der Waals surface area contributed by atoms with Gasteiger partial charge in [-0.05, 0) is 37.6 Å². The van der Waals surface area contributed by atoms with Crippen molar-refractivity contribution in [2.45, 2.75) is 32.9 Å². The van der Waals surface area contributed by atoms with Crippen LogP contribution in [0.3, 0.4) is 0 Å². The van der Waals surface area contributed by atoms with Gasteiger partial charge in [0.2, 0.25) is 0 Å². The molecular formula is C16H26N2O3. The highest BCUT2D eigenvalue weighted by molar-refractivity contribution is 5.80. The number of carbonyl (C=O) groups excluding carboxylic acids is 1. The molecule has 118 valence electrons. The van der Waals surface area contributed by atoms with Crippen molar-refractivity contribution in [1.82, 2.24) is 10.6 Å². The van der Waals surface area contributed by atoms with Gasteiger partial charge in [-0.1, -0.05) is 19.1 Å². The normalized spacial score (nSPS) is 12.0. The van der Waals surface area contributed by atoms with Crippen LogP contribution < -0.4 is 15.4 Å². The van der Waals surface area contributed by atoms with Crippen LogP contribution in [-0.2, 0) is 16.1 Å². The Kier molecular flexibility index (Phi) is 8.47. The van der Waals surface area contributed by atoms with E-state index in [-0.39, 0.29) is 5.91 Å². The van der Waals surface area contributed by atoms with Crippen molar-refractivity contribution in [3.8, 4) is 5.75 Å². The Hall–Kier alpha value is -1.59. The lowest BCUT2D eigenvalue weighted by molar-refractivity contribution is -0.127. The lowest BCUT2D eigenvalue weighted by Gasteiger charge is -2.15. The molecule has 0 radical (unpaired) electrons. The van der Waals surface area contributed by atoms with Crippen LogP contribution in [-0.4, -0.2) is 38.8 Å². The first-order valence-electron chi connectivity index (χ1n) is 7.40. The molecule has 0 spiro atoms. The van der Waals surface area contributed by atoms with Crippen LogP contribution >= 0.6 is 0 Å². The molecule has 0 aliphatic carbocycles. The summed E-state index contributed by atoms with van der Waals surface area (Å²) in [5, 5.41) is 6.08.